The number of nitrogens with zero attached hydrogens (tertiary/aromatic N) is 3. The van der Waals surface area contributed by atoms with Crippen LogP contribution < -0.4 is 11.1 Å². The first-order valence-corrected chi connectivity index (χ1v) is 9.34. The molecular formula is C17H35N5O. The van der Waals surface area contributed by atoms with E-state index in [-0.39, 0.29) is 0 Å². The molecule has 0 radical (unpaired) electrons. The van der Waals surface area contributed by atoms with Gasteiger partial charge >= 0.3 is 0 Å². The van der Waals surface area contributed by atoms with E-state index in [9.17, 15) is 0 Å². The molecule has 0 spiro atoms. The molecule has 0 aliphatic carbocycles. The van der Waals surface area contributed by atoms with Crippen molar-refractivity contribution in [1.29, 1.82) is 0 Å². The summed E-state index contributed by atoms with van der Waals surface area (Å²) in [4.78, 5) is 9.41. The summed E-state index contributed by atoms with van der Waals surface area (Å²) in [6.45, 7) is 12.6. The Balaban J connectivity index is 1.48. The lowest BCUT2D eigenvalue weighted by Gasteiger charge is -2.31. The molecule has 3 N–H and O–H groups in total. The number of hydrogen-bond acceptors (Lipinski definition) is 4. The van der Waals surface area contributed by atoms with Gasteiger partial charge in [-0.2, -0.15) is 0 Å². The van der Waals surface area contributed by atoms with Crippen molar-refractivity contribution < 1.29 is 4.74 Å². The fourth-order valence-corrected chi connectivity index (χ4v) is 3.37. The quantitative estimate of drug-likeness (QED) is 0.391. The van der Waals surface area contributed by atoms with Crippen LogP contribution in [0.2, 0.25) is 0 Å². The van der Waals surface area contributed by atoms with Crippen LogP contribution in [0.5, 0.6) is 0 Å². The normalized spacial score (nSPS) is 22.4. The molecule has 0 amide bonds. The molecule has 2 heterocycles. The summed E-state index contributed by atoms with van der Waals surface area (Å²) in [5.74, 6) is 1.46. The Bertz CT molecular complexity index is 336. The summed E-state index contributed by atoms with van der Waals surface area (Å²) in [5.41, 5.74) is 5.95. The monoisotopic (exact) mass is 325 g/mol. The molecule has 2 aliphatic heterocycles. The highest BCUT2D eigenvalue weighted by molar-refractivity contribution is 5.77. The van der Waals surface area contributed by atoms with Gasteiger partial charge in [0.2, 0.25) is 0 Å². The van der Waals surface area contributed by atoms with Gasteiger partial charge in [0.05, 0.1) is 13.2 Å². The number of aliphatic imine (C=N–C) groups is 1. The number of morpholine rings is 1. The van der Waals surface area contributed by atoms with Crippen LogP contribution in [0.1, 0.15) is 32.6 Å². The van der Waals surface area contributed by atoms with Crippen molar-refractivity contribution in [3.05, 3.63) is 0 Å². The minimum atomic E-state index is 0.609. The largest absolute Gasteiger partial charge is 0.379 e. The van der Waals surface area contributed by atoms with Gasteiger partial charge < -0.3 is 20.7 Å². The highest BCUT2D eigenvalue weighted by Crippen LogP contribution is 2.19. The molecule has 0 aromatic heterocycles. The van der Waals surface area contributed by atoms with Crippen LogP contribution in [-0.4, -0.2) is 81.3 Å². The fraction of sp³-hybridized carbons (Fsp3) is 0.941. The average Bonchev–Trinajstić information content (AvgIpc) is 2.60. The zero-order valence-electron chi connectivity index (χ0n) is 14.8. The van der Waals surface area contributed by atoms with Gasteiger partial charge in [0, 0.05) is 32.7 Å². The van der Waals surface area contributed by atoms with Crippen LogP contribution in [-0.2, 0) is 4.74 Å². The lowest BCUT2D eigenvalue weighted by atomic mass is 9.93. The van der Waals surface area contributed by atoms with E-state index in [0.717, 1.165) is 58.3 Å². The third-order valence-corrected chi connectivity index (χ3v) is 5.03. The van der Waals surface area contributed by atoms with Crippen LogP contribution in [0.15, 0.2) is 4.99 Å². The molecule has 0 aromatic rings. The highest BCUT2D eigenvalue weighted by Gasteiger charge is 2.17. The molecule has 23 heavy (non-hydrogen) atoms. The first-order chi connectivity index (χ1) is 11.3. The van der Waals surface area contributed by atoms with Gasteiger partial charge in [-0.25, -0.2) is 0 Å². The summed E-state index contributed by atoms with van der Waals surface area (Å²) in [5, 5.41) is 3.27. The second kappa shape index (κ2) is 10.8. The van der Waals surface area contributed by atoms with Crippen molar-refractivity contribution in [3.63, 3.8) is 0 Å². The van der Waals surface area contributed by atoms with Crippen molar-refractivity contribution >= 4 is 5.96 Å². The summed E-state index contributed by atoms with van der Waals surface area (Å²) in [7, 11) is 0. The van der Waals surface area contributed by atoms with E-state index in [1.165, 1.54) is 38.9 Å². The van der Waals surface area contributed by atoms with Gasteiger partial charge in [0.1, 0.15) is 0 Å². The van der Waals surface area contributed by atoms with Crippen LogP contribution in [0, 0.1) is 5.92 Å². The van der Waals surface area contributed by atoms with E-state index >= 15 is 0 Å². The molecule has 2 saturated heterocycles. The van der Waals surface area contributed by atoms with Crippen molar-refractivity contribution in [1.82, 2.24) is 15.1 Å². The van der Waals surface area contributed by atoms with Gasteiger partial charge in [0.15, 0.2) is 5.96 Å². The van der Waals surface area contributed by atoms with E-state index in [1.54, 1.807) is 0 Å². The maximum atomic E-state index is 5.95. The fourth-order valence-electron chi connectivity index (χ4n) is 3.37. The highest BCUT2D eigenvalue weighted by atomic mass is 16.5. The molecular weight excluding hydrogens is 290 g/mol. The van der Waals surface area contributed by atoms with Crippen LogP contribution in [0.25, 0.3) is 0 Å². The molecule has 2 rings (SSSR count). The molecule has 6 heteroatoms. The lowest BCUT2D eigenvalue weighted by Crippen LogP contribution is -2.37. The minimum absolute atomic E-state index is 0.609. The smallest absolute Gasteiger partial charge is 0.188 e. The molecule has 2 fully saturated rings. The SMILES string of the molecule is CCN1CCC(CCNC(N)=NCCCN2CCOCC2)CC1. The molecule has 0 atom stereocenters. The third kappa shape index (κ3) is 7.50. The topological polar surface area (TPSA) is 66.1 Å². The standard InChI is InChI=1S/C17H35N5O/c1-2-21-10-5-16(6-11-21)4-8-20-17(18)19-7-3-9-22-12-14-23-15-13-22/h16H,2-15H2,1H3,(H3,18,19,20). The second-order valence-electron chi connectivity index (χ2n) is 6.67. The van der Waals surface area contributed by atoms with Gasteiger partial charge in [-0.3, -0.25) is 9.89 Å². The molecule has 0 bridgehead atoms. The number of likely N-dealkylation sites (tertiary alicyclic amines) is 1. The van der Waals surface area contributed by atoms with Crippen molar-refractivity contribution in [3.8, 4) is 0 Å². The third-order valence-electron chi connectivity index (χ3n) is 5.03. The number of nitrogens with two attached hydrogens (primary N) is 1. The minimum Gasteiger partial charge on any atom is -0.379 e. The molecule has 6 nitrogen and oxygen atoms in total. The zero-order chi connectivity index (χ0) is 16.3. The Morgan fingerprint density at radius 1 is 1.17 bits per heavy atom. The van der Waals surface area contributed by atoms with Gasteiger partial charge in [-0.15, -0.1) is 0 Å². The van der Waals surface area contributed by atoms with Crippen molar-refractivity contribution in [2.75, 3.05) is 65.6 Å². The predicted molar refractivity (Wildman–Crippen MR) is 95.8 cm³/mol. The Kier molecular flexibility index (Phi) is 8.71. The second-order valence-corrected chi connectivity index (χ2v) is 6.67. The first kappa shape index (κ1) is 18.5. The molecule has 0 unspecified atom stereocenters. The number of guanidine groups is 1. The van der Waals surface area contributed by atoms with Crippen LogP contribution in [0.4, 0.5) is 0 Å². The summed E-state index contributed by atoms with van der Waals surface area (Å²) in [6, 6.07) is 0. The Labute approximate surface area is 141 Å². The van der Waals surface area contributed by atoms with Crippen molar-refractivity contribution in [2.24, 2.45) is 16.6 Å². The maximum absolute atomic E-state index is 5.95. The first-order valence-electron chi connectivity index (χ1n) is 9.34. The number of nitrogens with one attached hydrogen (secondary N) is 1. The number of piperidine rings is 1. The molecule has 2 aliphatic rings. The molecule has 134 valence electrons. The zero-order valence-corrected chi connectivity index (χ0v) is 14.8. The van der Waals surface area contributed by atoms with E-state index in [4.69, 9.17) is 10.5 Å². The Morgan fingerprint density at radius 2 is 1.91 bits per heavy atom. The number of ether oxygens (including phenoxy) is 1. The molecule has 0 aromatic carbocycles. The van der Waals surface area contributed by atoms with Crippen LogP contribution >= 0.6 is 0 Å². The maximum Gasteiger partial charge on any atom is 0.188 e. The summed E-state index contributed by atoms with van der Waals surface area (Å²) >= 11 is 0. The van der Waals surface area contributed by atoms with Crippen LogP contribution in [0.3, 0.4) is 0 Å². The van der Waals surface area contributed by atoms with Crippen molar-refractivity contribution in [2.45, 2.75) is 32.6 Å². The Morgan fingerprint density at radius 3 is 2.61 bits per heavy atom. The summed E-state index contributed by atoms with van der Waals surface area (Å²) < 4.78 is 5.35. The molecule has 0 saturated carbocycles. The van der Waals surface area contributed by atoms with E-state index in [0.29, 0.717) is 5.96 Å². The van der Waals surface area contributed by atoms with E-state index in [2.05, 4.69) is 27.0 Å². The lowest BCUT2D eigenvalue weighted by molar-refractivity contribution is 0.0377. The predicted octanol–water partition coefficient (Wildman–Crippen LogP) is 0.735. The Hall–Kier alpha value is -0.850. The van der Waals surface area contributed by atoms with Gasteiger partial charge in [-0.1, -0.05) is 6.92 Å². The van der Waals surface area contributed by atoms with Gasteiger partial charge in [0.25, 0.3) is 0 Å². The van der Waals surface area contributed by atoms with Gasteiger partial charge in [-0.05, 0) is 51.2 Å². The number of hydrogen-bond donors (Lipinski definition) is 2. The summed E-state index contributed by atoms with van der Waals surface area (Å²) in [6.07, 6.45) is 4.93. The number of rotatable bonds is 8. The average molecular weight is 326 g/mol. The van der Waals surface area contributed by atoms with E-state index in [1.807, 2.05) is 0 Å². The van der Waals surface area contributed by atoms with E-state index < -0.39 is 0 Å².